The number of ether oxygens (including phenoxy) is 4. The van der Waals surface area contributed by atoms with Crippen LogP contribution in [-0.4, -0.2) is 89.6 Å². The molecule has 6 atom stereocenters. The van der Waals surface area contributed by atoms with Crippen molar-refractivity contribution in [3.8, 4) is 0 Å². The normalized spacial score (nSPS) is 21.0. The van der Waals surface area contributed by atoms with Crippen LogP contribution >= 0.6 is 0 Å². The van der Waals surface area contributed by atoms with E-state index in [-0.39, 0.29) is 19.2 Å². The van der Waals surface area contributed by atoms with Crippen molar-refractivity contribution in [2.45, 2.75) is 205 Å². The molecule has 334 valence electrons. The van der Waals surface area contributed by atoms with Gasteiger partial charge in [-0.2, -0.15) is 0 Å². The highest BCUT2D eigenvalue weighted by atomic mass is 16.7. The van der Waals surface area contributed by atoms with Crippen LogP contribution in [0.4, 0.5) is 0 Å². The third-order valence-electron chi connectivity index (χ3n) is 10.1. The maximum absolute atomic E-state index is 12.8. The van der Waals surface area contributed by atoms with E-state index in [2.05, 4.69) is 86.8 Å². The van der Waals surface area contributed by atoms with Crippen LogP contribution in [0.25, 0.3) is 0 Å². The van der Waals surface area contributed by atoms with E-state index in [1.54, 1.807) is 0 Å². The van der Waals surface area contributed by atoms with E-state index in [4.69, 9.17) is 18.9 Å². The van der Waals surface area contributed by atoms with Gasteiger partial charge in [-0.15, -0.1) is 0 Å². The fraction of sp³-hybridized carbons (Fsp3) is 0.735. The Morgan fingerprint density at radius 3 is 1.59 bits per heavy atom. The zero-order valence-corrected chi connectivity index (χ0v) is 36.5. The second-order valence-corrected chi connectivity index (χ2v) is 15.5. The highest BCUT2D eigenvalue weighted by molar-refractivity contribution is 5.69. The second-order valence-electron chi connectivity index (χ2n) is 15.5. The number of hydrogen-bond acceptors (Lipinski definition) is 9. The average Bonchev–Trinajstić information content (AvgIpc) is 3.22. The fourth-order valence-corrected chi connectivity index (χ4v) is 6.51. The standard InChI is InChI=1S/C49H84O9/c1-3-5-7-9-11-13-15-17-19-20-21-22-23-25-27-29-31-33-35-37-39-55-41-43(42-56-49-48(54)47(53)46(52)44(40-50)58-49)57-45(51)38-36-34-32-30-28-26-24-18-16-14-12-10-8-6-4-2/h6,8,11-14,17-19,21-22,24,43-44,46-50,52-54H,3-5,7,9-10,15-16,20,23,25-42H2,1-2H3/b8-6-,13-11-,14-12-,19-17-,22-21-,24-18-. The van der Waals surface area contributed by atoms with Crippen molar-refractivity contribution >= 4 is 5.97 Å². The van der Waals surface area contributed by atoms with Crippen molar-refractivity contribution in [2.24, 2.45) is 0 Å². The van der Waals surface area contributed by atoms with E-state index in [1.165, 1.54) is 51.4 Å². The van der Waals surface area contributed by atoms with E-state index in [9.17, 15) is 25.2 Å². The Labute approximate surface area is 353 Å². The molecule has 0 aliphatic carbocycles. The van der Waals surface area contributed by atoms with E-state index < -0.39 is 43.4 Å². The van der Waals surface area contributed by atoms with E-state index in [0.29, 0.717) is 13.0 Å². The number of carbonyl (C=O) groups is 1. The molecule has 0 bridgehead atoms. The SMILES string of the molecule is CC/C=C\C/C=C\C/C=C\CCCCCCCC(=O)OC(COCCCCCCCCC/C=C\C/C=C\C/C=C\CCCCC)COC1OC(CO)C(O)C(O)C1O. The summed E-state index contributed by atoms with van der Waals surface area (Å²) in [4.78, 5) is 12.8. The first-order chi connectivity index (χ1) is 28.4. The molecular weight excluding hydrogens is 733 g/mol. The van der Waals surface area contributed by atoms with Gasteiger partial charge in [0, 0.05) is 13.0 Å². The lowest BCUT2D eigenvalue weighted by Crippen LogP contribution is -2.59. The maximum atomic E-state index is 12.8. The van der Waals surface area contributed by atoms with Crippen LogP contribution in [0.1, 0.15) is 168 Å². The minimum absolute atomic E-state index is 0.127. The minimum atomic E-state index is -1.55. The lowest BCUT2D eigenvalue weighted by atomic mass is 9.99. The van der Waals surface area contributed by atoms with Crippen LogP contribution < -0.4 is 0 Å². The molecule has 1 heterocycles. The third-order valence-corrected chi connectivity index (χ3v) is 10.1. The monoisotopic (exact) mass is 817 g/mol. The Balaban J connectivity index is 2.27. The predicted octanol–water partition coefficient (Wildman–Crippen LogP) is 10.5. The summed E-state index contributed by atoms with van der Waals surface area (Å²) in [5.41, 5.74) is 0. The fourth-order valence-electron chi connectivity index (χ4n) is 6.51. The number of hydrogen-bond donors (Lipinski definition) is 4. The largest absolute Gasteiger partial charge is 0.457 e. The van der Waals surface area contributed by atoms with Crippen molar-refractivity contribution in [3.05, 3.63) is 72.9 Å². The lowest BCUT2D eigenvalue weighted by Gasteiger charge is -2.39. The number of rotatable bonds is 38. The summed E-state index contributed by atoms with van der Waals surface area (Å²) < 4.78 is 22.8. The summed E-state index contributed by atoms with van der Waals surface area (Å²) in [5, 5.41) is 40.1. The molecule has 4 N–H and O–H groups in total. The summed E-state index contributed by atoms with van der Waals surface area (Å²) >= 11 is 0. The van der Waals surface area contributed by atoms with Crippen LogP contribution in [0.3, 0.4) is 0 Å². The summed E-state index contributed by atoms with van der Waals surface area (Å²) in [6.07, 6.45) is 44.9. The Morgan fingerprint density at radius 1 is 0.569 bits per heavy atom. The molecular formula is C49H84O9. The molecule has 0 aromatic carbocycles. The highest BCUT2D eigenvalue weighted by Gasteiger charge is 2.44. The number of allylic oxidation sites excluding steroid dienone is 12. The van der Waals surface area contributed by atoms with Gasteiger partial charge in [-0.05, 0) is 83.5 Å². The van der Waals surface area contributed by atoms with E-state index in [1.807, 2.05) is 0 Å². The molecule has 1 rings (SSSR count). The molecule has 1 aliphatic heterocycles. The second kappa shape index (κ2) is 40.1. The molecule has 0 spiro atoms. The Hall–Kier alpha value is -2.37. The van der Waals surface area contributed by atoms with Crippen molar-refractivity contribution in [3.63, 3.8) is 0 Å². The first-order valence-corrected chi connectivity index (χ1v) is 23.0. The Kier molecular flexibility index (Phi) is 37.1. The van der Waals surface area contributed by atoms with Gasteiger partial charge in [-0.1, -0.05) is 151 Å². The van der Waals surface area contributed by atoms with Crippen molar-refractivity contribution in [1.29, 1.82) is 0 Å². The highest BCUT2D eigenvalue weighted by Crippen LogP contribution is 2.22. The molecule has 0 saturated carbocycles. The van der Waals surface area contributed by atoms with Gasteiger partial charge < -0.3 is 39.4 Å². The van der Waals surface area contributed by atoms with Crippen molar-refractivity contribution in [1.82, 2.24) is 0 Å². The topological polar surface area (TPSA) is 135 Å². The van der Waals surface area contributed by atoms with Gasteiger partial charge in [-0.25, -0.2) is 0 Å². The summed E-state index contributed by atoms with van der Waals surface area (Å²) in [5.74, 6) is -0.337. The van der Waals surface area contributed by atoms with Crippen LogP contribution in [-0.2, 0) is 23.7 Å². The van der Waals surface area contributed by atoms with Gasteiger partial charge in [0.15, 0.2) is 6.29 Å². The molecule has 0 amide bonds. The van der Waals surface area contributed by atoms with Crippen molar-refractivity contribution < 1.29 is 44.2 Å². The summed E-state index contributed by atoms with van der Waals surface area (Å²) in [6.45, 7) is 4.36. The zero-order chi connectivity index (χ0) is 42.2. The molecule has 1 aliphatic rings. The smallest absolute Gasteiger partial charge is 0.306 e. The van der Waals surface area contributed by atoms with Crippen LogP contribution in [0, 0.1) is 0 Å². The van der Waals surface area contributed by atoms with Gasteiger partial charge in [0.2, 0.25) is 0 Å². The summed E-state index contributed by atoms with van der Waals surface area (Å²) in [6, 6.07) is 0. The number of esters is 1. The van der Waals surface area contributed by atoms with Crippen LogP contribution in [0.2, 0.25) is 0 Å². The zero-order valence-electron chi connectivity index (χ0n) is 36.5. The lowest BCUT2D eigenvalue weighted by molar-refractivity contribution is -0.305. The van der Waals surface area contributed by atoms with E-state index >= 15 is 0 Å². The minimum Gasteiger partial charge on any atom is -0.457 e. The Bertz CT molecular complexity index is 1110. The number of carbonyl (C=O) groups excluding carboxylic acids is 1. The molecule has 58 heavy (non-hydrogen) atoms. The van der Waals surface area contributed by atoms with Gasteiger partial charge in [0.25, 0.3) is 0 Å². The predicted molar refractivity (Wildman–Crippen MR) is 237 cm³/mol. The number of unbranched alkanes of at least 4 members (excludes halogenated alkanes) is 15. The Morgan fingerprint density at radius 2 is 1.05 bits per heavy atom. The van der Waals surface area contributed by atoms with Crippen molar-refractivity contribution in [2.75, 3.05) is 26.4 Å². The first-order valence-electron chi connectivity index (χ1n) is 23.0. The molecule has 1 saturated heterocycles. The molecule has 0 aromatic rings. The van der Waals surface area contributed by atoms with Gasteiger partial charge in [-0.3, -0.25) is 4.79 Å². The number of aliphatic hydroxyl groups is 4. The van der Waals surface area contributed by atoms with Crippen LogP contribution in [0.5, 0.6) is 0 Å². The average molecular weight is 817 g/mol. The molecule has 1 fully saturated rings. The molecule has 0 aromatic heterocycles. The molecule has 9 nitrogen and oxygen atoms in total. The van der Waals surface area contributed by atoms with Gasteiger partial charge in [0.05, 0.1) is 19.8 Å². The van der Waals surface area contributed by atoms with Gasteiger partial charge in [0.1, 0.15) is 30.5 Å². The maximum Gasteiger partial charge on any atom is 0.306 e. The molecule has 6 unspecified atom stereocenters. The first kappa shape index (κ1) is 53.6. The number of aliphatic hydroxyl groups excluding tert-OH is 4. The van der Waals surface area contributed by atoms with Gasteiger partial charge >= 0.3 is 5.97 Å². The summed E-state index contributed by atoms with van der Waals surface area (Å²) in [7, 11) is 0. The molecule has 0 radical (unpaired) electrons. The van der Waals surface area contributed by atoms with Crippen LogP contribution in [0.15, 0.2) is 72.9 Å². The quantitative estimate of drug-likeness (QED) is 0.0273. The molecule has 9 heteroatoms. The third kappa shape index (κ3) is 30.6. The van der Waals surface area contributed by atoms with E-state index in [0.717, 1.165) is 96.3 Å².